The number of carbonyl (C=O) groups is 1. The second kappa shape index (κ2) is 38.1. The van der Waals surface area contributed by atoms with Crippen LogP contribution in [-0.2, 0) is 21.3 Å². The number of nitrogens with zero attached hydrogens (tertiary/aromatic N) is 8. The minimum Gasteiger partial charge on any atom is -0.626 e. The van der Waals surface area contributed by atoms with Gasteiger partial charge in [-0.05, 0) is 224 Å². The van der Waals surface area contributed by atoms with Gasteiger partial charge in [0.25, 0.3) is 0 Å². The zero-order chi connectivity index (χ0) is 83.4. The molecule has 18 rings (SSSR count). The molecule has 12 aromatic rings. The van der Waals surface area contributed by atoms with Crippen LogP contribution in [0, 0.1) is 47.6 Å². The van der Waals surface area contributed by atoms with E-state index in [4.69, 9.17) is 70.4 Å². The zero-order valence-electron chi connectivity index (χ0n) is 67.3. The predicted molar refractivity (Wildman–Crippen MR) is 465 cm³/mol. The van der Waals surface area contributed by atoms with Crippen LogP contribution in [0.5, 0.6) is 46.3 Å². The van der Waals surface area contributed by atoms with Crippen molar-refractivity contribution in [3.8, 4) is 58.4 Å². The van der Waals surface area contributed by atoms with Gasteiger partial charge < -0.3 is 52.3 Å². The summed E-state index contributed by atoms with van der Waals surface area (Å²) >= 11 is 0. The van der Waals surface area contributed by atoms with Crippen molar-refractivity contribution in [3.63, 3.8) is 0 Å². The van der Waals surface area contributed by atoms with Crippen molar-refractivity contribution in [1.29, 1.82) is 10.5 Å². The monoisotopic (exact) mass is 1670 g/mol. The van der Waals surface area contributed by atoms with E-state index in [0.29, 0.717) is 102 Å². The van der Waals surface area contributed by atoms with Gasteiger partial charge in [-0.2, -0.15) is 10.5 Å². The molecule has 0 spiro atoms. The van der Waals surface area contributed by atoms with Gasteiger partial charge in [-0.15, -0.1) is 11.4 Å². The van der Waals surface area contributed by atoms with E-state index in [9.17, 15) is 30.0 Å². The molecule has 8 aromatic carbocycles. The van der Waals surface area contributed by atoms with Gasteiger partial charge in [0.15, 0.2) is 11.4 Å². The fraction of sp³-hybridized carbons (Fsp3) is 0.245. The first-order valence-corrected chi connectivity index (χ1v) is 41.8. The zero-order valence-corrected chi connectivity index (χ0v) is 68.3. The molecule has 0 radical (unpaired) electrons. The second-order valence-electron chi connectivity index (χ2n) is 31.4. The Labute approximate surface area is 721 Å². The van der Waals surface area contributed by atoms with Gasteiger partial charge in [-0.3, -0.25) is 0 Å². The first kappa shape index (κ1) is 82.6. The van der Waals surface area contributed by atoms with Gasteiger partial charge in [-0.1, -0.05) is 168 Å². The molecule has 2 aliphatic heterocycles. The van der Waals surface area contributed by atoms with Crippen molar-refractivity contribution < 1.29 is 63.6 Å². The average Bonchev–Trinajstić information content (AvgIpc) is 1.60. The Morgan fingerprint density at radius 3 is 1.49 bits per heavy atom. The third kappa shape index (κ3) is 18.8. The summed E-state index contributed by atoms with van der Waals surface area (Å²) in [6.45, 7) is 14.9. The molecule has 0 amide bonds. The molecular formula is C102H84N8NiO12. The first-order valence-electron chi connectivity index (χ1n) is 41.8. The number of fused-ring (bicyclic) bond motifs is 2. The molecule has 123 heavy (non-hydrogen) atoms. The van der Waals surface area contributed by atoms with E-state index < -0.39 is 23.5 Å². The summed E-state index contributed by atoms with van der Waals surface area (Å²) < 4.78 is 49.5. The Hall–Kier alpha value is -14.1. The summed E-state index contributed by atoms with van der Waals surface area (Å²) in [5.74, 6) is 3.35. The number of esters is 1. The van der Waals surface area contributed by atoms with Crippen LogP contribution in [0.2, 0.25) is 0 Å². The van der Waals surface area contributed by atoms with Crippen LogP contribution in [0.1, 0.15) is 197 Å². The van der Waals surface area contributed by atoms with E-state index in [0.717, 1.165) is 172 Å². The van der Waals surface area contributed by atoms with Crippen LogP contribution < -0.4 is 49.6 Å². The molecular weight excluding hydrogens is 1590 g/mol. The summed E-state index contributed by atoms with van der Waals surface area (Å²) in [6.07, 6.45) is 20.9. The van der Waals surface area contributed by atoms with Crippen molar-refractivity contribution in [2.45, 2.75) is 147 Å². The van der Waals surface area contributed by atoms with Crippen molar-refractivity contribution in [2.24, 2.45) is 21.8 Å². The van der Waals surface area contributed by atoms with Crippen molar-refractivity contribution in [1.82, 2.24) is 9.97 Å². The molecule has 6 aliphatic rings. The molecule has 1 N–H and O–H groups in total. The largest absolute Gasteiger partial charge is 2.00 e. The van der Waals surface area contributed by atoms with E-state index in [1.54, 1.807) is 140 Å². The number of nitriles is 2. The van der Waals surface area contributed by atoms with Gasteiger partial charge in [-0.25, -0.2) is 34.1 Å². The number of aliphatic hydroxyl groups excluding tert-OH is 1. The third-order valence-corrected chi connectivity index (χ3v) is 23.5. The molecule has 4 aliphatic carbocycles. The molecule has 4 aromatic heterocycles. The predicted octanol–water partition coefficient (Wildman–Crippen LogP) is 23.6. The maximum Gasteiger partial charge on any atom is 2.00 e. The van der Waals surface area contributed by atoms with E-state index in [1.165, 1.54) is 31.0 Å². The maximum absolute atomic E-state index is 14.9. The van der Waals surface area contributed by atoms with Gasteiger partial charge in [0, 0.05) is 64.0 Å². The van der Waals surface area contributed by atoms with Crippen molar-refractivity contribution in [2.75, 3.05) is 0 Å². The van der Waals surface area contributed by atoms with E-state index >= 15 is 0 Å². The van der Waals surface area contributed by atoms with Crippen LogP contribution in [0.25, 0.3) is 42.8 Å². The van der Waals surface area contributed by atoms with Crippen LogP contribution in [0.4, 0.5) is 11.4 Å². The van der Waals surface area contributed by atoms with Crippen LogP contribution in [0.15, 0.2) is 287 Å². The Morgan fingerprint density at radius 2 is 0.943 bits per heavy atom. The summed E-state index contributed by atoms with van der Waals surface area (Å²) in [7, 11) is 0. The summed E-state index contributed by atoms with van der Waals surface area (Å²) in [4.78, 5) is 67.5. The number of allylic oxidation sites excluding steroid dienone is 2. The van der Waals surface area contributed by atoms with Crippen LogP contribution in [-0.4, -0.2) is 22.9 Å². The number of carbonyl (C=O) groups excluding carboxylic acids is 1. The molecule has 0 bridgehead atoms. The Kier molecular flexibility index (Phi) is 25.6. The standard InChI is InChI=1S/C51H42N4O6.C51H43N4O6.Ni/c1-53-37-21-26-38(27-22-37)58-43-30-41(33-11-5-2-6-12-33)48(54-43)46(36-15-9-4-10-16-36)49-45(35-13-7-3-8-14-35)47(50(55-49)59-39-23-17-32(31-52)18-24-39)51(57)60-40-25-19-34-20-28-44(56)61-42(34)29-40;1-53-37-21-26-39(27-22-37)59-50-47(51(57)60-40-25-19-34-20-28-44(56)61-42(34)29-40)45(35-13-7-3-8-14-35)49(55-50)46(36-15-9-4-10-16-36)48-41(33-11-5-2-6-12-33)30-43(54-48)58-38-23-17-32(31-52)18-24-38;/h4,9-10,15-30,33,35H,2-3,5-8,11-14H2,(H,54,55,57);4,9-10,15-30,33,35,51,57H,2-3,5-8,11-14H2;/q;-1;+2/p-1. The number of rotatable bonds is 19. The number of aliphatic imine (C=N–C) groups is 2. The Morgan fingerprint density at radius 1 is 0.480 bits per heavy atom. The Bertz CT molecular complexity index is 6420. The minimum absolute atomic E-state index is 0. The van der Waals surface area contributed by atoms with Gasteiger partial charge >= 0.3 is 33.7 Å². The molecule has 6 heterocycles. The normalized spacial score (nSPS) is 16.8. The van der Waals surface area contributed by atoms with E-state index in [-0.39, 0.29) is 63.3 Å². The fourth-order valence-corrected chi connectivity index (χ4v) is 17.6. The number of ether oxygens (including phenoxy) is 6. The molecule has 4 fully saturated rings. The number of hydrogen-bond acceptors (Lipinski definition) is 16. The minimum atomic E-state index is -1.54. The Balaban J connectivity index is 0.000000181. The van der Waals surface area contributed by atoms with Crippen LogP contribution >= 0.6 is 0 Å². The van der Waals surface area contributed by atoms with E-state index in [1.807, 2.05) is 54.6 Å². The summed E-state index contributed by atoms with van der Waals surface area (Å²) in [5, 5.41) is 32.7. The molecule has 1 unspecified atom stereocenters. The number of aromatic nitrogens is 2. The molecule has 20 nitrogen and oxygen atoms in total. The number of benzene rings is 8. The molecule has 21 heteroatoms. The summed E-state index contributed by atoms with van der Waals surface area (Å²) in [6, 6.07) is 70.1. The summed E-state index contributed by atoms with van der Waals surface area (Å²) in [5.41, 5.74) is 12.0. The van der Waals surface area contributed by atoms with Crippen molar-refractivity contribution in [3.05, 3.63) is 353 Å². The van der Waals surface area contributed by atoms with Gasteiger partial charge in [0.05, 0.1) is 47.8 Å². The number of hydrogen-bond donors (Lipinski definition) is 1. The number of aliphatic hydroxyl groups is 1. The SMILES string of the molecule is [C-]#[N+]c1ccc(Oc2[n-]c(/C(=C3\N=C(Oc4ccc(C#N)cc4)C=C3C3CCCCC3)c3ccccc3)c(C3CCCCC3)c2C(O)Oc2ccc3ccc(=O)oc3c2)cc1.[C-]#[N+]c1ccc(Oc2cc(C3CCCCC3)c(/C(=C3\N=C(Oc4ccc(C#N)cc4)C(C(=O)Oc4ccc5ccc(=O)oc5c4)=C3C3CCCCC3)c3ccccc3)[n-]2)cc1.[Ni+2]. The van der Waals surface area contributed by atoms with Gasteiger partial charge in [0.2, 0.25) is 18.1 Å². The third-order valence-electron chi connectivity index (χ3n) is 23.5. The van der Waals surface area contributed by atoms with Crippen LogP contribution in [0.3, 0.4) is 0 Å². The average molecular weight is 1670 g/mol. The smallest absolute Gasteiger partial charge is 0.626 e. The topological polar surface area (TPSA) is 262 Å². The maximum atomic E-state index is 14.9. The quantitative estimate of drug-likeness (QED) is 0.0197. The second-order valence-corrected chi connectivity index (χ2v) is 31.4. The fourth-order valence-electron chi connectivity index (χ4n) is 17.6. The van der Waals surface area contributed by atoms with E-state index in [2.05, 4.69) is 40.0 Å². The van der Waals surface area contributed by atoms with Gasteiger partial charge in [0.1, 0.15) is 51.2 Å². The first-order chi connectivity index (χ1) is 59.9. The molecule has 0 saturated heterocycles. The molecule has 1 atom stereocenters. The molecule has 614 valence electrons. The molecule has 4 saturated carbocycles. The van der Waals surface area contributed by atoms with Crippen molar-refractivity contribution >= 4 is 62.2 Å².